The van der Waals surface area contributed by atoms with Crippen LogP contribution >= 0.6 is 0 Å². The number of ether oxygens (including phenoxy) is 1. The van der Waals surface area contributed by atoms with E-state index in [1.165, 1.54) is 12.1 Å². The van der Waals surface area contributed by atoms with E-state index in [0.717, 1.165) is 18.1 Å². The van der Waals surface area contributed by atoms with Gasteiger partial charge in [0.05, 0.1) is 23.5 Å². The number of aliphatic carboxylic acids is 1. The van der Waals surface area contributed by atoms with Crippen LogP contribution in [0.25, 0.3) is 0 Å². The molecule has 1 aromatic rings. The van der Waals surface area contributed by atoms with E-state index in [4.69, 9.17) is 5.11 Å². The number of nitrogens with zero attached hydrogens (tertiary/aromatic N) is 2. The summed E-state index contributed by atoms with van der Waals surface area (Å²) in [6.45, 7) is -0.233. The van der Waals surface area contributed by atoms with Crippen LogP contribution < -0.4 is 4.90 Å². The Morgan fingerprint density at radius 1 is 1.45 bits per heavy atom. The van der Waals surface area contributed by atoms with Gasteiger partial charge in [0.1, 0.15) is 5.69 Å². The highest BCUT2D eigenvalue weighted by Crippen LogP contribution is 2.36. The average molecular weight is 308 g/mol. The Balaban J connectivity index is 2.57. The topological polar surface area (TPSA) is 127 Å². The summed E-state index contributed by atoms with van der Waals surface area (Å²) in [5, 5.41) is 20.2. The maximum atomic E-state index is 12.0. The molecule has 9 nitrogen and oxygen atoms in total. The van der Waals surface area contributed by atoms with E-state index in [-0.39, 0.29) is 24.2 Å². The lowest BCUT2D eigenvalue weighted by Gasteiger charge is -2.18. The number of anilines is 1. The molecule has 0 bridgehead atoms. The second-order valence-corrected chi connectivity index (χ2v) is 4.67. The highest BCUT2D eigenvalue weighted by atomic mass is 16.6. The summed E-state index contributed by atoms with van der Waals surface area (Å²) in [4.78, 5) is 46.2. The molecule has 1 heterocycles. The van der Waals surface area contributed by atoms with Crippen LogP contribution in [0, 0.1) is 16.0 Å². The normalized spacial score (nSPS) is 17.4. The molecule has 9 heteroatoms. The van der Waals surface area contributed by atoms with E-state index >= 15 is 0 Å². The summed E-state index contributed by atoms with van der Waals surface area (Å²) in [6.07, 6.45) is -0.276. The largest absolute Gasteiger partial charge is 0.481 e. The van der Waals surface area contributed by atoms with E-state index in [1.54, 1.807) is 0 Å². The minimum atomic E-state index is -1.17. The number of esters is 1. The van der Waals surface area contributed by atoms with E-state index in [1.807, 2.05) is 0 Å². The van der Waals surface area contributed by atoms with Crippen LogP contribution in [0.4, 0.5) is 11.4 Å². The number of benzene rings is 1. The monoisotopic (exact) mass is 308 g/mol. The zero-order valence-corrected chi connectivity index (χ0v) is 11.5. The third-order valence-electron chi connectivity index (χ3n) is 3.36. The maximum absolute atomic E-state index is 12.0. The fourth-order valence-electron chi connectivity index (χ4n) is 2.33. The number of carbonyl (C=O) groups excluding carboxylic acids is 2. The van der Waals surface area contributed by atoms with Gasteiger partial charge in [-0.1, -0.05) is 6.07 Å². The molecule has 0 aromatic heterocycles. The van der Waals surface area contributed by atoms with E-state index in [9.17, 15) is 24.5 Å². The Morgan fingerprint density at radius 3 is 2.64 bits per heavy atom. The zero-order chi connectivity index (χ0) is 16.4. The van der Waals surface area contributed by atoms with Gasteiger partial charge in [-0.15, -0.1) is 0 Å². The van der Waals surface area contributed by atoms with Crippen LogP contribution in [-0.2, 0) is 14.3 Å². The molecule has 0 spiro atoms. The van der Waals surface area contributed by atoms with Gasteiger partial charge in [0.2, 0.25) is 5.91 Å². The van der Waals surface area contributed by atoms with Crippen LogP contribution in [0.3, 0.4) is 0 Å². The number of amides is 1. The molecule has 1 amide bonds. The Kier molecular flexibility index (Phi) is 4.06. The number of nitro benzene ring substituents is 1. The van der Waals surface area contributed by atoms with Gasteiger partial charge in [-0.25, -0.2) is 4.79 Å². The van der Waals surface area contributed by atoms with Crippen molar-refractivity contribution >= 4 is 29.2 Å². The van der Waals surface area contributed by atoms with Gasteiger partial charge < -0.3 is 14.7 Å². The van der Waals surface area contributed by atoms with Crippen molar-refractivity contribution in [2.45, 2.75) is 6.42 Å². The number of nitro groups is 1. The summed E-state index contributed by atoms with van der Waals surface area (Å²) in [7, 11) is 1.11. The van der Waals surface area contributed by atoms with E-state index in [0.29, 0.717) is 0 Å². The lowest BCUT2D eigenvalue weighted by atomic mass is 10.1. The van der Waals surface area contributed by atoms with Gasteiger partial charge >= 0.3 is 11.9 Å². The lowest BCUT2D eigenvalue weighted by molar-refractivity contribution is -0.384. The molecule has 22 heavy (non-hydrogen) atoms. The second kappa shape index (κ2) is 5.80. The molecule has 1 atom stereocenters. The summed E-state index contributed by atoms with van der Waals surface area (Å²) in [5.74, 6) is -3.58. The van der Waals surface area contributed by atoms with Gasteiger partial charge in [-0.05, 0) is 6.07 Å². The summed E-state index contributed by atoms with van der Waals surface area (Å²) in [5.41, 5.74) is -0.841. The molecule has 0 radical (unpaired) electrons. The minimum Gasteiger partial charge on any atom is -0.481 e. The van der Waals surface area contributed by atoms with Gasteiger partial charge in [-0.3, -0.25) is 19.7 Å². The number of para-hydroxylation sites is 1. The van der Waals surface area contributed by atoms with Crippen molar-refractivity contribution in [3.8, 4) is 0 Å². The van der Waals surface area contributed by atoms with Crippen molar-refractivity contribution in [2.75, 3.05) is 18.6 Å². The smallest absolute Gasteiger partial charge is 0.340 e. The molecule has 1 aliphatic rings. The first-order valence-corrected chi connectivity index (χ1v) is 6.25. The van der Waals surface area contributed by atoms with Crippen molar-refractivity contribution in [1.82, 2.24) is 0 Å². The van der Waals surface area contributed by atoms with Crippen LogP contribution in [0.15, 0.2) is 18.2 Å². The molecular weight excluding hydrogens is 296 g/mol. The Morgan fingerprint density at radius 2 is 2.14 bits per heavy atom. The highest BCUT2D eigenvalue weighted by Gasteiger charge is 2.40. The SMILES string of the molecule is COC(=O)c1cccc([N+](=O)[O-])c1N1CC(C(=O)O)CC1=O. The maximum Gasteiger partial charge on any atom is 0.340 e. The Bertz CT molecular complexity index is 670. The molecular formula is C13H12N2O7. The van der Waals surface area contributed by atoms with Gasteiger partial charge in [0.25, 0.3) is 5.69 Å². The predicted molar refractivity (Wildman–Crippen MR) is 72.5 cm³/mol. The van der Waals surface area contributed by atoms with Crippen molar-refractivity contribution in [3.63, 3.8) is 0 Å². The molecule has 1 aromatic carbocycles. The molecule has 1 unspecified atom stereocenters. The van der Waals surface area contributed by atoms with Crippen molar-refractivity contribution < 1.29 is 29.2 Å². The van der Waals surface area contributed by atoms with E-state index in [2.05, 4.69) is 4.74 Å². The third kappa shape index (κ3) is 2.60. The zero-order valence-electron chi connectivity index (χ0n) is 11.5. The fourth-order valence-corrected chi connectivity index (χ4v) is 2.33. The predicted octanol–water partition coefficient (Wildman–Crippen LogP) is 0.819. The minimum absolute atomic E-state index is 0.156. The van der Waals surface area contributed by atoms with Crippen molar-refractivity contribution in [2.24, 2.45) is 5.92 Å². The highest BCUT2D eigenvalue weighted by molar-refractivity contribution is 6.07. The van der Waals surface area contributed by atoms with Gasteiger partial charge in [0.15, 0.2) is 0 Å². The molecule has 0 saturated carbocycles. The Hall–Kier alpha value is -2.97. The second-order valence-electron chi connectivity index (χ2n) is 4.67. The first-order chi connectivity index (χ1) is 10.4. The van der Waals surface area contributed by atoms with Crippen LogP contribution in [0.1, 0.15) is 16.8 Å². The molecule has 1 aliphatic heterocycles. The lowest BCUT2D eigenvalue weighted by Crippen LogP contribution is -2.28. The molecule has 1 N–H and O–H groups in total. The molecule has 116 valence electrons. The Labute approximate surface area is 124 Å². The van der Waals surface area contributed by atoms with Gasteiger partial charge in [-0.2, -0.15) is 0 Å². The number of hydrogen-bond acceptors (Lipinski definition) is 6. The summed E-state index contributed by atoms with van der Waals surface area (Å²) in [6, 6.07) is 3.72. The summed E-state index contributed by atoms with van der Waals surface area (Å²) >= 11 is 0. The van der Waals surface area contributed by atoms with Crippen LogP contribution in [0.5, 0.6) is 0 Å². The first kappa shape index (κ1) is 15.4. The number of methoxy groups -OCH3 is 1. The van der Waals surface area contributed by atoms with E-state index < -0.39 is 34.4 Å². The standard InChI is InChI=1S/C13H12N2O7/c1-22-13(19)8-3-2-4-9(15(20)21)11(8)14-6-7(12(17)18)5-10(14)16/h2-4,7H,5-6H2,1H3,(H,17,18). The number of carboxylic acid groups (broad SMARTS) is 1. The summed E-state index contributed by atoms with van der Waals surface area (Å²) < 4.78 is 4.56. The first-order valence-electron chi connectivity index (χ1n) is 6.25. The molecule has 1 saturated heterocycles. The quantitative estimate of drug-likeness (QED) is 0.495. The third-order valence-corrected chi connectivity index (χ3v) is 3.36. The molecule has 2 rings (SSSR count). The van der Waals surface area contributed by atoms with Gasteiger partial charge in [0, 0.05) is 19.0 Å². The van der Waals surface area contributed by atoms with Crippen molar-refractivity contribution in [3.05, 3.63) is 33.9 Å². The number of carboxylic acids is 1. The van der Waals surface area contributed by atoms with Crippen molar-refractivity contribution in [1.29, 1.82) is 0 Å². The van der Waals surface area contributed by atoms with Crippen LogP contribution in [0.2, 0.25) is 0 Å². The molecule has 0 aliphatic carbocycles. The van der Waals surface area contributed by atoms with Crippen LogP contribution in [-0.4, -0.2) is 41.5 Å². The molecule has 1 fully saturated rings. The number of hydrogen-bond donors (Lipinski definition) is 1. The average Bonchev–Trinajstić information content (AvgIpc) is 2.87. The number of rotatable bonds is 4. The number of carbonyl (C=O) groups is 3. The fraction of sp³-hybridized carbons (Fsp3) is 0.308.